The highest BCUT2D eigenvalue weighted by Gasteiger charge is 2.29. The van der Waals surface area contributed by atoms with Gasteiger partial charge in [-0.2, -0.15) is 0 Å². The normalized spacial score (nSPS) is 21.4. The number of nitrogens with one attached hydrogen (secondary N) is 3. The third-order valence-electron chi connectivity index (χ3n) is 7.06. The number of carbonyl (C=O) groups is 2. The number of carbonyl (C=O) groups excluding carboxylic acids is 2. The number of fused-ring (bicyclic) bond motifs is 1. The van der Waals surface area contributed by atoms with Crippen LogP contribution in [0.1, 0.15) is 50.4 Å². The molecule has 4 N–H and O–H groups in total. The molecular formula is C30H44N4O6. The Hall–Kier alpha value is -3.34. The second-order valence-corrected chi connectivity index (χ2v) is 10.4. The molecule has 3 amide bonds. The Morgan fingerprint density at radius 1 is 1.12 bits per heavy atom. The van der Waals surface area contributed by atoms with Crippen molar-refractivity contribution in [2.75, 3.05) is 51.1 Å². The van der Waals surface area contributed by atoms with Gasteiger partial charge < -0.3 is 40.2 Å². The Bertz CT molecular complexity index is 1100. The van der Waals surface area contributed by atoms with Crippen molar-refractivity contribution in [2.45, 2.75) is 58.3 Å². The molecule has 0 radical (unpaired) electrons. The number of aliphatic hydroxyl groups excluding tert-OH is 1. The predicted molar refractivity (Wildman–Crippen MR) is 156 cm³/mol. The summed E-state index contributed by atoms with van der Waals surface area (Å²) in [6.07, 6.45) is 2.45. The van der Waals surface area contributed by atoms with Crippen molar-refractivity contribution in [3.63, 3.8) is 0 Å². The van der Waals surface area contributed by atoms with Crippen molar-refractivity contribution in [1.82, 2.24) is 10.2 Å². The first-order valence-electron chi connectivity index (χ1n) is 14.0. The summed E-state index contributed by atoms with van der Waals surface area (Å²) >= 11 is 0. The lowest BCUT2D eigenvalue weighted by atomic mass is 10.0. The Morgan fingerprint density at radius 2 is 1.82 bits per heavy atom. The van der Waals surface area contributed by atoms with Crippen molar-refractivity contribution >= 4 is 23.3 Å². The Labute approximate surface area is 237 Å². The summed E-state index contributed by atoms with van der Waals surface area (Å²) < 4.78 is 17.6. The molecule has 0 aliphatic carbocycles. The van der Waals surface area contributed by atoms with Crippen LogP contribution in [0.2, 0.25) is 0 Å². The number of amides is 3. The van der Waals surface area contributed by atoms with E-state index in [0.717, 1.165) is 19.3 Å². The fourth-order valence-corrected chi connectivity index (χ4v) is 4.66. The first-order chi connectivity index (χ1) is 19.2. The van der Waals surface area contributed by atoms with Crippen LogP contribution < -0.4 is 25.4 Å². The molecule has 0 unspecified atom stereocenters. The molecule has 0 spiro atoms. The summed E-state index contributed by atoms with van der Waals surface area (Å²) in [6, 6.07) is 11.2. The fourth-order valence-electron chi connectivity index (χ4n) is 4.66. The number of rotatable bonds is 7. The van der Waals surface area contributed by atoms with Gasteiger partial charge in [-0.15, -0.1) is 0 Å². The van der Waals surface area contributed by atoms with E-state index in [1.807, 2.05) is 20.9 Å². The molecule has 2 aromatic rings. The molecule has 4 atom stereocenters. The molecule has 0 saturated carbocycles. The minimum Gasteiger partial charge on any atom is -0.497 e. The van der Waals surface area contributed by atoms with Gasteiger partial charge in [-0.05, 0) is 82.6 Å². The number of hydrogen-bond acceptors (Lipinski definition) is 7. The maximum atomic E-state index is 14.1. The summed E-state index contributed by atoms with van der Waals surface area (Å²) in [5, 5.41) is 18.8. The molecule has 1 aliphatic rings. The molecule has 0 bridgehead atoms. The van der Waals surface area contributed by atoms with Gasteiger partial charge in [0.15, 0.2) is 0 Å². The molecule has 10 nitrogen and oxygen atoms in total. The second kappa shape index (κ2) is 15.4. The molecule has 220 valence electrons. The smallest absolute Gasteiger partial charge is 0.323 e. The summed E-state index contributed by atoms with van der Waals surface area (Å²) in [7, 11) is 3.46. The standard InChI is InChI=1S/C30H44N4O6/c1-20-18-34(21(2)19-35)29(36)26-16-24(33-30(37)32-23-9-12-25(38-5)13-10-23)11-14-27(26)40-22(3)8-6-7-15-39-28(20)17-31-4/h9-14,16,20-22,28,31,35H,6-8,15,17-19H2,1-5H3,(H2,32,33,37)/t20-,21-,22-,28+/m0/s1. The van der Waals surface area contributed by atoms with Crippen LogP contribution in [0.4, 0.5) is 16.2 Å². The number of hydrogen-bond donors (Lipinski definition) is 4. The van der Waals surface area contributed by atoms with Crippen LogP contribution in [0.5, 0.6) is 11.5 Å². The van der Waals surface area contributed by atoms with Crippen molar-refractivity contribution in [2.24, 2.45) is 5.92 Å². The van der Waals surface area contributed by atoms with E-state index in [4.69, 9.17) is 14.2 Å². The van der Waals surface area contributed by atoms with E-state index in [-0.39, 0.29) is 30.6 Å². The number of benzene rings is 2. The number of urea groups is 1. The second-order valence-electron chi connectivity index (χ2n) is 10.4. The lowest BCUT2D eigenvalue weighted by molar-refractivity contribution is -0.000451. The van der Waals surface area contributed by atoms with Gasteiger partial charge in [0.1, 0.15) is 11.5 Å². The van der Waals surface area contributed by atoms with Crippen LogP contribution in [0.3, 0.4) is 0 Å². The van der Waals surface area contributed by atoms with E-state index in [1.54, 1.807) is 54.5 Å². The van der Waals surface area contributed by atoms with Gasteiger partial charge >= 0.3 is 6.03 Å². The largest absolute Gasteiger partial charge is 0.497 e. The highest BCUT2D eigenvalue weighted by atomic mass is 16.5. The molecule has 1 heterocycles. The monoisotopic (exact) mass is 556 g/mol. The van der Waals surface area contributed by atoms with Crippen LogP contribution in [-0.2, 0) is 4.74 Å². The van der Waals surface area contributed by atoms with E-state index in [1.165, 1.54) is 0 Å². The van der Waals surface area contributed by atoms with Crippen molar-refractivity contribution in [1.29, 1.82) is 0 Å². The highest BCUT2D eigenvalue weighted by molar-refractivity contribution is 6.02. The zero-order valence-electron chi connectivity index (χ0n) is 24.2. The quantitative estimate of drug-likeness (QED) is 0.400. The zero-order chi connectivity index (χ0) is 29.1. The van der Waals surface area contributed by atoms with E-state index in [2.05, 4.69) is 22.9 Å². The lowest BCUT2D eigenvalue weighted by Gasteiger charge is -2.34. The Balaban J connectivity index is 1.90. The van der Waals surface area contributed by atoms with Gasteiger partial charge in [0.2, 0.25) is 0 Å². The third-order valence-corrected chi connectivity index (χ3v) is 7.06. The first kappa shape index (κ1) is 31.2. The Kier molecular flexibility index (Phi) is 12.0. The van der Waals surface area contributed by atoms with Crippen LogP contribution in [-0.4, -0.2) is 80.7 Å². The summed E-state index contributed by atoms with van der Waals surface area (Å²) in [4.78, 5) is 28.5. The number of ether oxygens (including phenoxy) is 3. The highest BCUT2D eigenvalue weighted by Crippen LogP contribution is 2.28. The van der Waals surface area contributed by atoms with Gasteiger partial charge in [-0.3, -0.25) is 4.79 Å². The van der Waals surface area contributed by atoms with Crippen molar-refractivity contribution < 1.29 is 28.9 Å². The van der Waals surface area contributed by atoms with Crippen LogP contribution >= 0.6 is 0 Å². The number of anilines is 2. The minimum atomic E-state index is -0.450. The molecule has 2 aromatic carbocycles. The predicted octanol–water partition coefficient (Wildman–Crippen LogP) is 4.35. The number of likely N-dealkylation sites (N-methyl/N-ethyl adjacent to an activating group) is 1. The van der Waals surface area contributed by atoms with Gasteiger partial charge in [-0.25, -0.2) is 4.79 Å². The number of nitrogens with zero attached hydrogens (tertiary/aromatic N) is 1. The molecule has 0 saturated heterocycles. The van der Waals surface area contributed by atoms with E-state index < -0.39 is 12.1 Å². The van der Waals surface area contributed by atoms with Crippen LogP contribution in [0.15, 0.2) is 42.5 Å². The van der Waals surface area contributed by atoms with Gasteiger partial charge in [0.25, 0.3) is 5.91 Å². The van der Waals surface area contributed by atoms with Crippen molar-refractivity contribution in [3.8, 4) is 11.5 Å². The molecule has 3 rings (SSSR count). The summed E-state index contributed by atoms with van der Waals surface area (Å²) in [5.41, 5.74) is 1.36. The average molecular weight is 557 g/mol. The van der Waals surface area contributed by atoms with Crippen LogP contribution in [0, 0.1) is 5.92 Å². The molecule has 1 aliphatic heterocycles. The Morgan fingerprint density at radius 3 is 2.50 bits per heavy atom. The minimum absolute atomic E-state index is 0.00761. The van der Waals surface area contributed by atoms with E-state index >= 15 is 0 Å². The van der Waals surface area contributed by atoms with Gasteiger partial charge in [-0.1, -0.05) is 6.92 Å². The number of methoxy groups -OCH3 is 1. The first-order valence-corrected chi connectivity index (χ1v) is 14.0. The maximum absolute atomic E-state index is 14.1. The van der Waals surface area contributed by atoms with E-state index in [0.29, 0.717) is 48.1 Å². The van der Waals surface area contributed by atoms with Crippen molar-refractivity contribution in [3.05, 3.63) is 48.0 Å². The summed E-state index contributed by atoms with van der Waals surface area (Å²) in [6.45, 7) is 7.34. The average Bonchev–Trinajstić information content (AvgIpc) is 2.95. The molecular weight excluding hydrogens is 512 g/mol. The van der Waals surface area contributed by atoms with Gasteiger partial charge in [0, 0.05) is 37.0 Å². The SMILES string of the molecule is CNC[C@H]1OCCCC[C@H](C)Oc2ccc(NC(=O)Nc3ccc(OC)cc3)cc2C(=O)N([C@@H](C)CO)C[C@@H]1C. The number of aliphatic hydroxyl groups is 1. The van der Waals surface area contributed by atoms with E-state index in [9.17, 15) is 14.7 Å². The molecule has 0 aromatic heterocycles. The lowest BCUT2D eigenvalue weighted by Crippen LogP contribution is -2.47. The maximum Gasteiger partial charge on any atom is 0.323 e. The molecule has 40 heavy (non-hydrogen) atoms. The molecule has 10 heteroatoms. The third kappa shape index (κ3) is 8.84. The zero-order valence-corrected chi connectivity index (χ0v) is 24.2. The van der Waals surface area contributed by atoms with Crippen LogP contribution in [0.25, 0.3) is 0 Å². The fraction of sp³-hybridized carbons (Fsp3) is 0.533. The topological polar surface area (TPSA) is 121 Å². The van der Waals surface area contributed by atoms with Gasteiger partial charge in [0.05, 0.1) is 37.5 Å². The molecule has 0 fully saturated rings. The summed E-state index contributed by atoms with van der Waals surface area (Å²) in [5.74, 6) is 0.856.